The van der Waals surface area contributed by atoms with Crippen LogP contribution in [-0.2, 0) is 17.8 Å². The second kappa shape index (κ2) is 5.63. The Kier molecular flexibility index (Phi) is 3.66. The molecule has 1 aliphatic heterocycles. The van der Waals surface area contributed by atoms with E-state index in [-0.39, 0.29) is 18.5 Å². The van der Waals surface area contributed by atoms with E-state index in [9.17, 15) is 14.4 Å². The molecular weight excluding hydrogens is 282 g/mol. The number of anilines is 1. The van der Waals surface area contributed by atoms with Gasteiger partial charge in [0.15, 0.2) is 0 Å². The third-order valence-electron chi connectivity index (χ3n) is 3.99. The summed E-state index contributed by atoms with van der Waals surface area (Å²) in [4.78, 5) is 39.4. The minimum absolute atomic E-state index is 0.0841. The van der Waals surface area contributed by atoms with Gasteiger partial charge in [0.05, 0.1) is 0 Å². The smallest absolute Gasteiger partial charge is 0.308 e. The first-order valence-corrected chi connectivity index (χ1v) is 7.26. The van der Waals surface area contributed by atoms with Gasteiger partial charge in [-0.15, -0.1) is 0 Å². The first-order valence-electron chi connectivity index (χ1n) is 7.26. The molecule has 3 rings (SSSR count). The lowest BCUT2D eigenvalue weighted by Gasteiger charge is -2.35. The Morgan fingerprint density at radius 3 is 2.82 bits per heavy atom. The molecule has 6 nitrogen and oxygen atoms in total. The molecule has 1 atom stereocenters. The number of carbonyl (C=O) groups is 1. The maximum absolute atomic E-state index is 12.7. The van der Waals surface area contributed by atoms with Crippen LogP contribution >= 0.6 is 0 Å². The average Bonchev–Trinajstić information content (AvgIpc) is 2.50. The minimum Gasteiger partial charge on any atom is -0.308 e. The summed E-state index contributed by atoms with van der Waals surface area (Å²) in [5.74, 6) is -0.159. The quantitative estimate of drug-likeness (QED) is 0.895. The average molecular weight is 299 g/mol. The van der Waals surface area contributed by atoms with E-state index in [2.05, 4.69) is 4.98 Å². The predicted octanol–water partition coefficient (Wildman–Crippen LogP) is 0.905. The second-order valence-electron chi connectivity index (χ2n) is 5.52. The zero-order chi connectivity index (χ0) is 15.7. The number of nitrogens with zero attached hydrogens (tertiary/aromatic N) is 2. The van der Waals surface area contributed by atoms with E-state index >= 15 is 0 Å². The molecule has 2 heterocycles. The summed E-state index contributed by atoms with van der Waals surface area (Å²) >= 11 is 0. The Bertz CT molecular complexity index is 822. The Hall–Kier alpha value is -2.63. The van der Waals surface area contributed by atoms with E-state index in [0.29, 0.717) is 0 Å². The number of amides is 1. The van der Waals surface area contributed by atoms with Crippen LogP contribution in [-0.4, -0.2) is 21.5 Å². The van der Waals surface area contributed by atoms with Crippen molar-refractivity contribution < 1.29 is 4.79 Å². The van der Waals surface area contributed by atoms with Crippen molar-refractivity contribution in [2.75, 3.05) is 4.90 Å². The van der Waals surface area contributed by atoms with E-state index in [1.807, 2.05) is 31.2 Å². The number of H-pyrrole nitrogens is 1. The summed E-state index contributed by atoms with van der Waals surface area (Å²) in [6, 6.07) is 9.14. The summed E-state index contributed by atoms with van der Waals surface area (Å²) in [5.41, 5.74) is 1.01. The first-order chi connectivity index (χ1) is 10.6. The number of para-hydroxylation sites is 1. The van der Waals surface area contributed by atoms with Crippen LogP contribution in [0.1, 0.15) is 18.9 Å². The highest BCUT2D eigenvalue weighted by Crippen LogP contribution is 2.30. The fourth-order valence-corrected chi connectivity index (χ4v) is 2.86. The largest absolute Gasteiger partial charge is 0.328 e. The van der Waals surface area contributed by atoms with E-state index in [1.54, 1.807) is 4.90 Å². The van der Waals surface area contributed by atoms with Gasteiger partial charge in [-0.1, -0.05) is 18.2 Å². The Labute approximate surface area is 127 Å². The lowest BCUT2D eigenvalue weighted by molar-refractivity contribution is -0.119. The Balaban J connectivity index is 1.92. The molecule has 114 valence electrons. The van der Waals surface area contributed by atoms with Crippen molar-refractivity contribution in [3.63, 3.8) is 0 Å². The van der Waals surface area contributed by atoms with Crippen LogP contribution in [0.2, 0.25) is 0 Å². The topological polar surface area (TPSA) is 75.2 Å². The summed E-state index contributed by atoms with van der Waals surface area (Å²) in [7, 11) is 0. The molecule has 1 amide bonds. The van der Waals surface area contributed by atoms with E-state index in [4.69, 9.17) is 0 Å². The third-order valence-corrected chi connectivity index (χ3v) is 3.99. The van der Waals surface area contributed by atoms with Gasteiger partial charge in [-0.05, 0) is 31.4 Å². The highest BCUT2D eigenvalue weighted by molar-refractivity contribution is 5.95. The Morgan fingerprint density at radius 2 is 2.05 bits per heavy atom. The third kappa shape index (κ3) is 2.59. The highest BCUT2D eigenvalue weighted by Gasteiger charge is 2.28. The molecule has 0 saturated carbocycles. The fraction of sp³-hybridized carbons (Fsp3) is 0.312. The molecule has 1 N–H and O–H groups in total. The van der Waals surface area contributed by atoms with Crippen molar-refractivity contribution in [3.05, 3.63) is 62.9 Å². The lowest BCUT2D eigenvalue weighted by Crippen LogP contribution is -2.45. The second-order valence-corrected chi connectivity index (χ2v) is 5.52. The normalized spacial score (nSPS) is 17.1. The SMILES string of the molecule is C[C@H]1CCc2ccccc2N1C(=O)Cn1ccc(=O)[nH]c1=O. The molecule has 1 aliphatic rings. The maximum Gasteiger partial charge on any atom is 0.328 e. The maximum atomic E-state index is 12.7. The van der Waals surface area contributed by atoms with Crippen LogP contribution < -0.4 is 16.1 Å². The first kappa shape index (κ1) is 14.3. The molecule has 0 unspecified atom stereocenters. The van der Waals surface area contributed by atoms with Gasteiger partial charge in [0.1, 0.15) is 6.54 Å². The number of fused-ring (bicyclic) bond motifs is 1. The number of nitrogens with one attached hydrogen (secondary N) is 1. The highest BCUT2D eigenvalue weighted by atomic mass is 16.2. The summed E-state index contributed by atoms with van der Waals surface area (Å²) in [6.45, 7) is 1.91. The van der Waals surface area contributed by atoms with Crippen molar-refractivity contribution in [3.8, 4) is 0 Å². The predicted molar refractivity (Wildman–Crippen MR) is 83.0 cm³/mol. The molecular formula is C16H17N3O3. The lowest BCUT2D eigenvalue weighted by atomic mass is 9.96. The van der Waals surface area contributed by atoms with Crippen molar-refractivity contribution in [2.24, 2.45) is 0 Å². The molecule has 0 bridgehead atoms. The molecule has 0 aliphatic carbocycles. The monoisotopic (exact) mass is 299 g/mol. The van der Waals surface area contributed by atoms with Crippen molar-refractivity contribution in [2.45, 2.75) is 32.4 Å². The molecule has 1 aromatic carbocycles. The van der Waals surface area contributed by atoms with Crippen LogP contribution in [0, 0.1) is 0 Å². The van der Waals surface area contributed by atoms with E-state index in [1.165, 1.54) is 16.8 Å². The minimum atomic E-state index is -0.571. The number of hydrogen-bond acceptors (Lipinski definition) is 3. The fourth-order valence-electron chi connectivity index (χ4n) is 2.86. The molecule has 0 spiro atoms. The van der Waals surface area contributed by atoms with Gasteiger partial charge < -0.3 is 4.90 Å². The zero-order valence-corrected chi connectivity index (χ0v) is 12.3. The number of benzene rings is 1. The zero-order valence-electron chi connectivity index (χ0n) is 12.3. The molecule has 2 aromatic rings. The van der Waals surface area contributed by atoms with Gasteiger partial charge in [0.25, 0.3) is 5.56 Å². The summed E-state index contributed by atoms with van der Waals surface area (Å²) < 4.78 is 1.22. The van der Waals surface area contributed by atoms with Gasteiger partial charge in [0.2, 0.25) is 5.91 Å². The van der Waals surface area contributed by atoms with Crippen molar-refractivity contribution in [1.29, 1.82) is 0 Å². The van der Waals surface area contributed by atoms with Crippen LogP contribution in [0.5, 0.6) is 0 Å². The van der Waals surface area contributed by atoms with Gasteiger partial charge in [-0.3, -0.25) is 19.1 Å². The van der Waals surface area contributed by atoms with Gasteiger partial charge in [-0.25, -0.2) is 4.79 Å². The molecule has 22 heavy (non-hydrogen) atoms. The summed E-state index contributed by atoms with van der Waals surface area (Å²) in [5, 5.41) is 0. The van der Waals surface area contributed by atoms with Crippen molar-refractivity contribution in [1.82, 2.24) is 9.55 Å². The van der Waals surface area contributed by atoms with Crippen LogP contribution in [0.25, 0.3) is 0 Å². The molecule has 6 heteroatoms. The number of hydrogen-bond donors (Lipinski definition) is 1. The van der Waals surface area contributed by atoms with E-state index in [0.717, 1.165) is 24.1 Å². The number of carbonyl (C=O) groups excluding carboxylic acids is 1. The molecule has 0 fully saturated rings. The number of aryl methyl sites for hydroxylation is 1. The van der Waals surface area contributed by atoms with Gasteiger partial charge in [0, 0.05) is 24.0 Å². The standard InChI is InChI=1S/C16H17N3O3/c1-11-6-7-12-4-2-3-5-13(12)19(11)15(21)10-18-9-8-14(20)17-16(18)22/h2-5,8-9,11H,6-7,10H2,1H3,(H,17,20,22)/t11-/m0/s1. The molecule has 0 radical (unpaired) electrons. The number of rotatable bonds is 2. The van der Waals surface area contributed by atoms with Crippen LogP contribution in [0.4, 0.5) is 5.69 Å². The van der Waals surface area contributed by atoms with E-state index < -0.39 is 11.2 Å². The number of aromatic amines is 1. The number of aromatic nitrogens is 2. The van der Waals surface area contributed by atoms with Gasteiger partial charge >= 0.3 is 5.69 Å². The summed E-state index contributed by atoms with van der Waals surface area (Å²) in [6.07, 6.45) is 3.18. The molecule has 0 saturated heterocycles. The molecule has 1 aromatic heterocycles. The van der Waals surface area contributed by atoms with Crippen LogP contribution in [0.15, 0.2) is 46.1 Å². The van der Waals surface area contributed by atoms with Crippen molar-refractivity contribution >= 4 is 11.6 Å². The van der Waals surface area contributed by atoms with Gasteiger partial charge in [-0.2, -0.15) is 0 Å². The Morgan fingerprint density at radius 1 is 1.27 bits per heavy atom. The van der Waals surface area contributed by atoms with Crippen LogP contribution in [0.3, 0.4) is 0 Å².